The smallest absolute Gasteiger partial charge is 0.234 e. The average Bonchev–Trinajstić information content (AvgIpc) is 2.84. The fraction of sp³-hybridized carbons (Fsp3) is 0.375. The van der Waals surface area contributed by atoms with E-state index in [1.807, 2.05) is 38.1 Å². The normalized spacial score (nSPS) is 12.0. The van der Waals surface area contributed by atoms with E-state index in [0.29, 0.717) is 5.75 Å². The highest BCUT2D eigenvalue weighted by atomic mass is 32.2. The zero-order valence-corrected chi connectivity index (χ0v) is 14.1. The van der Waals surface area contributed by atoms with Gasteiger partial charge in [0.25, 0.3) is 0 Å². The Kier molecular flexibility index (Phi) is 5.49. The number of aromatic nitrogens is 2. The lowest BCUT2D eigenvalue weighted by Crippen LogP contribution is -2.15. The van der Waals surface area contributed by atoms with Gasteiger partial charge >= 0.3 is 0 Å². The van der Waals surface area contributed by atoms with Gasteiger partial charge in [-0.25, -0.2) is 0 Å². The maximum absolute atomic E-state index is 12.1. The van der Waals surface area contributed by atoms with Crippen molar-refractivity contribution >= 4 is 23.4 Å². The summed E-state index contributed by atoms with van der Waals surface area (Å²) in [6.07, 6.45) is 0. The largest absolute Gasteiger partial charge is 0.496 e. The van der Waals surface area contributed by atoms with Crippen molar-refractivity contribution in [1.82, 2.24) is 10.2 Å². The number of aromatic amines is 1. The van der Waals surface area contributed by atoms with Gasteiger partial charge in [-0.3, -0.25) is 9.89 Å². The quantitative estimate of drug-likeness (QED) is 0.855. The van der Waals surface area contributed by atoms with E-state index in [1.54, 1.807) is 18.9 Å². The molecule has 118 valence electrons. The number of H-pyrrole nitrogens is 1. The molecule has 5 nitrogen and oxygen atoms in total. The van der Waals surface area contributed by atoms with Gasteiger partial charge in [-0.2, -0.15) is 5.10 Å². The Bertz CT molecular complexity index is 635. The Morgan fingerprint density at radius 3 is 2.77 bits per heavy atom. The first kappa shape index (κ1) is 16.4. The first-order chi connectivity index (χ1) is 10.5. The molecule has 1 amide bonds. The number of amides is 1. The molecule has 0 aliphatic heterocycles. The molecule has 0 fully saturated rings. The minimum absolute atomic E-state index is 0.0284. The zero-order valence-electron chi connectivity index (χ0n) is 13.3. The lowest BCUT2D eigenvalue weighted by molar-refractivity contribution is -0.113. The monoisotopic (exact) mass is 319 g/mol. The van der Waals surface area contributed by atoms with Crippen LogP contribution in [0, 0.1) is 13.8 Å². The molecule has 1 aromatic heterocycles. The molecule has 1 atom stereocenters. The van der Waals surface area contributed by atoms with Crippen LogP contribution in [-0.4, -0.2) is 29.0 Å². The van der Waals surface area contributed by atoms with Crippen LogP contribution < -0.4 is 10.1 Å². The van der Waals surface area contributed by atoms with Gasteiger partial charge in [-0.1, -0.05) is 18.2 Å². The maximum atomic E-state index is 12.1. The van der Waals surface area contributed by atoms with Crippen LogP contribution in [0.2, 0.25) is 0 Å². The van der Waals surface area contributed by atoms with Gasteiger partial charge in [0, 0.05) is 10.8 Å². The van der Waals surface area contributed by atoms with Gasteiger partial charge in [-0.15, -0.1) is 11.8 Å². The van der Waals surface area contributed by atoms with Crippen LogP contribution in [0.15, 0.2) is 24.3 Å². The third-order valence-electron chi connectivity index (χ3n) is 3.43. The van der Waals surface area contributed by atoms with E-state index in [-0.39, 0.29) is 11.2 Å². The Hall–Kier alpha value is -1.95. The number of nitrogens with zero attached hydrogens (tertiary/aromatic N) is 1. The molecule has 0 unspecified atom stereocenters. The highest BCUT2D eigenvalue weighted by Crippen LogP contribution is 2.34. The minimum atomic E-state index is -0.0284. The van der Waals surface area contributed by atoms with Gasteiger partial charge < -0.3 is 10.1 Å². The van der Waals surface area contributed by atoms with Gasteiger partial charge in [0.2, 0.25) is 5.91 Å². The van der Waals surface area contributed by atoms with Crippen molar-refractivity contribution in [2.75, 3.05) is 18.2 Å². The molecule has 0 saturated carbocycles. The lowest BCUT2D eigenvalue weighted by Gasteiger charge is -2.15. The second-order valence-corrected chi connectivity index (χ2v) is 6.38. The summed E-state index contributed by atoms with van der Waals surface area (Å²) in [4.78, 5) is 12.1. The van der Waals surface area contributed by atoms with Crippen molar-refractivity contribution in [2.24, 2.45) is 0 Å². The van der Waals surface area contributed by atoms with Crippen molar-refractivity contribution < 1.29 is 9.53 Å². The summed E-state index contributed by atoms with van der Waals surface area (Å²) in [7, 11) is 1.66. The van der Waals surface area contributed by atoms with Crippen molar-refractivity contribution in [2.45, 2.75) is 26.0 Å². The van der Waals surface area contributed by atoms with Crippen molar-refractivity contribution in [3.05, 3.63) is 41.2 Å². The van der Waals surface area contributed by atoms with Crippen molar-refractivity contribution in [3.63, 3.8) is 0 Å². The summed E-state index contributed by atoms with van der Waals surface area (Å²) in [5.74, 6) is 1.20. The SMILES string of the molecule is COc1ccccc1[C@@H](C)SCC(=O)Nc1c(C)n[nH]c1C. The lowest BCUT2D eigenvalue weighted by atomic mass is 10.1. The number of aryl methyl sites for hydroxylation is 2. The Labute approximate surface area is 134 Å². The highest BCUT2D eigenvalue weighted by molar-refractivity contribution is 8.00. The van der Waals surface area contributed by atoms with E-state index < -0.39 is 0 Å². The van der Waals surface area contributed by atoms with E-state index in [2.05, 4.69) is 22.4 Å². The highest BCUT2D eigenvalue weighted by Gasteiger charge is 2.15. The van der Waals surface area contributed by atoms with Crippen LogP contribution in [0.1, 0.15) is 29.1 Å². The van der Waals surface area contributed by atoms with Gasteiger partial charge in [0.15, 0.2) is 0 Å². The molecule has 0 spiro atoms. The first-order valence-electron chi connectivity index (χ1n) is 7.09. The Morgan fingerprint density at radius 2 is 2.14 bits per heavy atom. The van der Waals surface area contributed by atoms with Crippen LogP contribution in [0.3, 0.4) is 0 Å². The number of nitrogens with one attached hydrogen (secondary N) is 2. The first-order valence-corrected chi connectivity index (χ1v) is 8.13. The fourth-order valence-corrected chi connectivity index (χ4v) is 3.05. The number of benzene rings is 1. The number of ether oxygens (including phenoxy) is 1. The topological polar surface area (TPSA) is 67.0 Å². The molecule has 22 heavy (non-hydrogen) atoms. The van der Waals surface area contributed by atoms with Crippen LogP contribution in [0.25, 0.3) is 0 Å². The number of carbonyl (C=O) groups is 1. The molecule has 0 saturated heterocycles. The van der Waals surface area contributed by atoms with Crippen LogP contribution in [0.4, 0.5) is 5.69 Å². The molecular formula is C16H21N3O2S. The molecular weight excluding hydrogens is 298 g/mol. The molecule has 0 bridgehead atoms. The summed E-state index contributed by atoms with van der Waals surface area (Å²) < 4.78 is 5.36. The third-order valence-corrected chi connectivity index (χ3v) is 4.62. The molecule has 1 heterocycles. The Morgan fingerprint density at radius 1 is 1.41 bits per heavy atom. The summed E-state index contributed by atoms with van der Waals surface area (Å²) in [5, 5.41) is 10.0. The average molecular weight is 319 g/mol. The number of carbonyl (C=O) groups excluding carboxylic acids is 1. The maximum Gasteiger partial charge on any atom is 0.234 e. The number of thioether (sulfide) groups is 1. The number of methoxy groups -OCH3 is 1. The fourth-order valence-electron chi connectivity index (χ4n) is 2.20. The van der Waals surface area contributed by atoms with Crippen LogP contribution >= 0.6 is 11.8 Å². The second kappa shape index (κ2) is 7.35. The number of hydrogen-bond donors (Lipinski definition) is 2. The summed E-state index contributed by atoms with van der Waals surface area (Å²) in [6, 6.07) is 7.88. The zero-order chi connectivity index (χ0) is 16.1. The van der Waals surface area contributed by atoms with Gasteiger partial charge in [0.05, 0.1) is 29.9 Å². The number of anilines is 1. The molecule has 6 heteroatoms. The van der Waals surface area contributed by atoms with Crippen molar-refractivity contribution in [3.8, 4) is 5.75 Å². The predicted molar refractivity (Wildman–Crippen MR) is 90.6 cm³/mol. The Balaban J connectivity index is 1.93. The molecule has 0 aliphatic carbocycles. The number of hydrogen-bond acceptors (Lipinski definition) is 4. The molecule has 2 aromatic rings. The summed E-state index contributed by atoms with van der Waals surface area (Å²) in [6.45, 7) is 5.83. The molecule has 2 rings (SSSR count). The molecule has 2 N–H and O–H groups in total. The van der Waals surface area contributed by atoms with E-state index in [0.717, 1.165) is 28.4 Å². The van der Waals surface area contributed by atoms with Gasteiger partial charge in [-0.05, 0) is 26.8 Å². The molecule has 0 radical (unpaired) electrons. The third kappa shape index (κ3) is 3.82. The molecule has 1 aromatic carbocycles. The van der Waals surface area contributed by atoms with Crippen molar-refractivity contribution in [1.29, 1.82) is 0 Å². The minimum Gasteiger partial charge on any atom is -0.496 e. The van der Waals surface area contributed by atoms with Gasteiger partial charge in [0.1, 0.15) is 5.75 Å². The van der Waals surface area contributed by atoms with E-state index in [4.69, 9.17) is 4.74 Å². The van der Waals surface area contributed by atoms with Crippen LogP contribution in [-0.2, 0) is 4.79 Å². The second-order valence-electron chi connectivity index (χ2n) is 5.05. The van der Waals surface area contributed by atoms with E-state index >= 15 is 0 Å². The number of rotatable bonds is 6. The van der Waals surface area contributed by atoms with E-state index in [9.17, 15) is 4.79 Å². The molecule has 0 aliphatic rings. The van der Waals surface area contributed by atoms with Crippen LogP contribution in [0.5, 0.6) is 5.75 Å². The summed E-state index contributed by atoms with van der Waals surface area (Å²) >= 11 is 1.58. The van der Waals surface area contributed by atoms with E-state index in [1.165, 1.54) is 0 Å². The number of para-hydroxylation sites is 1. The summed E-state index contributed by atoms with van der Waals surface area (Å²) in [5.41, 5.74) is 3.54. The standard InChI is InChI=1S/C16H21N3O2S/c1-10-16(11(2)19-18-10)17-15(20)9-22-12(3)13-7-5-6-8-14(13)21-4/h5-8,12H,9H2,1-4H3,(H,17,20)(H,18,19)/t12-/m1/s1. The predicted octanol–water partition coefficient (Wildman–Crippen LogP) is 3.47.